The number of hydrogen-bond donors (Lipinski definition) is 1. The number of sulfonamides is 1. The van der Waals surface area contributed by atoms with E-state index in [-0.39, 0.29) is 5.91 Å². The Labute approximate surface area is 188 Å². The minimum atomic E-state index is -3.32. The summed E-state index contributed by atoms with van der Waals surface area (Å²) in [7, 11) is -1.84. The fourth-order valence-electron chi connectivity index (χ4n) is 2.54. The molecule has 0 heterocycles. The molecular formula is C21H27ClN2O4S2. The third kappa shape index (κ3) is 7.74. The second-order valence-corrected chi connectivity index (χ2v) is 10.3. The first-order chi connectivity index (χ1) is 14.2. The van der Waals surface area contributed by atoms with Crippen molar-refractivity contribution in [3.63, 3.8) is 0 Å². The van der Waals surface area contributed by atoms with E-state index in [1.165, 1.54) is 16.9 Å². The molecule has 0 saturated heterocycles. The van der Waals surface area contributed by atoms with Crippen LogP contribution in [0.4, 0.5) is 5.69 Å². The predicted octanol–water partition coefficient (Wildman–Crippen LogP) is 3.94. The third-order valence-corrected chi connectivity index (χ3v) is 6.85. The Morgan fingerprint density at radius 3 is 2.37 bits per heavy atom. The minimum absolute atomic E-state index is 0.165. The fraction of sp³-hybridized carbons (Fsp3) is 0.381. The molecule has 1 unspecified atom stereocenters. The molecule has 1 N–H and O–H groups in total. The number of carbonyl (C=O) groups is 1. The molecule has 0 aliphatic heterocycles. The van der Waals surface area contributed by atoms with E-state index in [2.05, 4.69) is 5.32 Å². The maximum absolute atomic E-state index is 12.4. The zero-order valence-electron chi connectivity index (χ0n) is 17.3. The second-order valence-electron chi connectivity index (χ2n) is 6.71. The number of carbonyl (C=O) groups excluding carboxylic acids is 1. The molecule has 0 aliphatic carbocycles. The average molecular weight is 471 g/mol. The van der Waals surface area contributed by atoms with Crippen LogP contribution in [0.5, 0.6) is 5.75 Å². The molecule has 2 aromatic rings. The van der Waals surface area contributed by atoms with E-state index >= 15 is 0 Å². The zero-order chi connectivity index (χ0) is 22.1. The van der Waals surface area contributed by atoms with Gasteiger partial charge in [-0.15, -0.1) is 0 Å². The van der Waals surface area contributed by atoms with Crippen LogP contribution in [0.15, 0.2) is 48.5 Å². The molecule has 1 atom stereocenters. The number of amides is 1. The topological polar surface area (TPSA) is 75.7 Å². The lowest BCUT2D eigenvalue weighted by Crippen LogP contribution is -2.39. The number of anilines is 1. The lowest BCUT2D eigenvalue weighted by molar-refractivity contribution is -0.127. The Morgan fingerprint density at radius 2 is 1.80 bits per heavy atom. The number of halogens is 1. The first-order valence-corrected chi connectivity index (χ1v) is 12.9. The van der Waals surface area contributed by atoms with E-state index in [4.69, 9.17) is 16.3 Å². The van der Waals surface area contributed by atoms with Crippen LogP contribution < -0.4 is 14.4 Å². The van der Waals surface area contributed by atoms with Gasteiger partial charge in [0.1, 0.15) is 5.75 Å². The predicted molar refractivity (Wildman–Crippen MR) is 125 cm³/mol. The van der Waals surface area contributed by atoms with Crippen molar-refractivity contribution in [3.8, 4) is 5.75 Å². The molecule has 6 nitrogen and oxygen atoms in total. The Hall–Kier alpha value is -1.90. The number of thioether (sulfide) groups is 1. The monoisotopic (exact) mass is 470 g/mol. The molecule has 0 aromatic heterocycles. The lowest BCUT2D eigenvalue weighted by atomic mass is 10.2. The van der Waals surface area contributed by atoms with Crippen molar-refractivity contribution < 1.29 is 17.9 Å². The molecule has 2 rings (SSSR count). The van der Waals surface area contributed by atoms with Crippen LogP contribution in [0.1, 0.15) is 18.9 Å². The number of rotatable bonds is 11. The van der Waals surface area contributed by atoms with Gasteiger partial charge < -0.3 is 10.1 Å². The molecular weight excluding hydrogens is 444 g/mol. The van der Waals surface area contributed by atoms with Gasteiger partial charge in [-0.05, 0) is 48.4 Å². The lowest BCUT2D eigenvalue weighted by Gasteiger charge is -2.19. The molecule has 0 radical (unpaired) electrons. The van der Waals surface area contributed by atoms with Crippen molar-refractivity contribution in [2.45, 2.75) is 25.2 Å². The van der Waals surface area contributed by atoms with Crippen LogP contribution in [0, 0.1) is 0 Å². The fourth-order valence-corrected chi connectivity index (χ4v) is 3.99. The largest absolute Gasteiger partial charge is 0.481 e. The van der Waals surface area contributed by atoms with Crippen molar-refractivity contribution in [3.05, 3.63) is 59.1 Å². The summed E-state index contributed by atoms with van der Waals surface area (Å²) in [5.41, 5.74) is 1.72. The van der Waals surface area contributed by atoms with Gasteiger partial charge in [0.05, 0.1) is 11.9 Å². The van der Waals surface area contributed by atoms with Gasteiger partial charge in [-0.3, -0.25) is 9.10 Å². The first-order valence-electron chi connectivity index (χ1n) is 9.51. The summed E-state index contributed by atoms with van der Waals surface area (Å²) >= 11 is 7.61. The van der Waals surface area contributed by atoms with E-state index in [9.17, 15) is 13.2 Å². The second kappa shape index (κ2) is 11.5. The van der Waals surface area contributed by atoms with Crippen LogP contribution in [0.2, 0.25) is 5.02 Å². The van der Waals surface area contributed by atoms with E-state index < -0.39 is 16.1 Å². The molecule has 164 valence electrons. The molecule has 0 spiro atoms. The highest BCUT2D eigenvalue weighted by Gasteiger charge is 2.18. The Bertz CT molecular complexity index is 919. The molecule has 0 bridgehead atoms. The molecule has 0 fully saturated rings. The van der Waals surface area contributed by atoms with Gasteiger partial charge >= 0.3 is 0 Å². The zero-order valence-corrected chi connectivity index (χ0v) is 19.7. The van der Waals surface area contributed by atoms with Crippen molar-refractivity contribution in [2.75, 3.05) is 29.9 Å². The van der Waals surface area contributed by atoms with E-state index in [1.807, 2.05) is 31.2 Å². The molecule has 9 heteroatoms. The van der Waals surface area contributed by atoms with E-state index in [1.54, 1.807) is 36.0 Å². The van der Waals surface area contributed by atoms with Crippen LogP contribution in [0.3, 0.4) is 0 Å². The minimum Gasteiger partial charge on any atom is -0.481 e. The van der Waals surface area contributed by atoms with Gasteiger partial charge in [0, 0.05) is 30.1 Å². The van der Waals surface area contributed by atoms with Crippen LogP contribution in [-0.4, -0.2) is 46.0 Å². The Kier molecular flexibility index (Phi) is 9.33. The number of benzene rings is 2. The third-order valence-electron chi connectivity index (χ3n) is 4.37. The van der Waals surface area contributed by atoms with Crippen LogP contribution >= 0.6 is 23.4 Å². The van der Waals surface area contributed by atoms with Gasteiger partial charge in [0.15, 0.2) is 6.10 Å². The van der Waals surface area contributed by atoms with Gasteiger partial charge in [-0.25, -0.2) is 8.42 Å². The van der Waals surface area contributed by atoms with Gasteiger partial charge in [-0.2, -0.15) is 11.8 Å². The average Bonchev–Trinajstić information content (AvgIpc) is 2.72. The van der Waals surface area contributed by atoms with Crippen LogP contribution in [-0.2, 0) is 20.6 Å². The standard InChI is InChI=1S/C21H27ClN2O4S2/c1-4-20(28-19-11-9-18(10-12-19)24(2)30(3,26)27)21(25)23-13-14-29-15-16-5-7-17(22)8-6-16/h5-12,20H,4,13-15H2,1-3H3,(H,23,25). The molecule has 30 heavy (non-hydrogen) atoms. The summed E-state index contributed by atoms with van der Waals surface area (Å²) in [6.07, 6.45) is 1.06. The highest BCUT2D eigenvalue weighted by molar-refractivity contribution is 7.98. The first kappa shape index (κ1) is 24.4. The number of hydrogen-bond acceptors (Lipinski definition) is 5. The summed E-state index contributed by atoms with van der Waals surface area (Å²) in [4.78, 5) is 12.4. The highest BCUT2D eigenvalue weighted by atomic mass is 35.5. The number of nitrogens with one attached hydrogen (secondary N) is 1. The maximum Gasteiger partial charge on any atom is 0.261 e. The molecule has 0 aliphatic rings. The Balaban J connectivity index is 1.78. The summed E-state index contributed by atoms with van der Waals surface area (Å²) in [5, 5.41) is 3.63. The number of nitrogens with zero attached hydrogens (tertiary/aromatic N) is 1. The number of ether oxygens (including phenoxy) is 1. The summed E-state index contributed by atoms with van der Waals surface area (Å²) in [5.74, 6) is 1.99. The highest BCUT2D eigenvalue weighted by Crippen LogP contribution is 2.21. The van der Waals surface area contributed by atoms with Crippen LogP contribution in [0.25, 0.3) is 0 Å². The van der Waals surface area contributed by atoms with Crippen molar-refractivity contribution >= 4 is 45.0 Å². The molecule has 0 saturated carbocycles. The maximum atomic E-state index is 12.4. The molecule has 1 amide bonds. The molecule has 2 aromatic carbocycles. The SMILES string of the molecule is CCC(Oc1ccc(N(C)S(C)(=O)=O)cc1)C(=O)NCCSCc1ccc(Cl)cc1. The van der Waals surface area contributed by atoms with Gasteiger partial charge in [0.25, 0.3) is 5.91 Å². The van der Waals surface area contributed by atoms with E-state index in [0.717, 1.165) is 22.8 Å². The quantitative estimate of drug-likeness (QED) is 0.503. The normalized spacial score (nSPS) is 12.3. The van der Waals surface area contributed by atoms with Crippen molar-refractivity contribution in [2.24, 2.45) is 0 Å². The summed E-state index contributed by atoms with van der Waals surface area (Å²) in [6, 6.07) is 14.3. The van der Waals surface area contributed by atoms with Crippen molar-refractivity contribution in [1.82, 2.24) is 5.32 Å². The summed E-state index contributed by atoms with van der Waals surface area (Å²) < 4.78 is 30.2. The van der Waals surface area contributed by atoms with Crippen molar-refractivity contribution in [1.29, 1.82) is 0 Å². The smallest absolute Gasteiger partial charge is 0.261 e. The Morgan fingerprint density at radius 1 is 1.17 bits per heavy atom. The van der Waals surface area contributed by atoms with Gasteiger partial charge in [-0.1, -0.05) is 30.7 Å². The summed E-state index contributed by atoms with van der Waals surface area (Å²) in [6.45, 7) is 2.43. The van der Waals surface area contributed by atoms with E-state index in [0.29, 0.717) is 24.4 Å². The van der Waals surface area contributed by atoms with Gasteiger partial charge in [0.2, 0.25) is 10.0 Å².